The molecule has 15 heavy (non-hydrogen) atoms. The second-order valence-corrected chi connectivity index (χ2v) is 4.15. The number of halogens is 2. The van der Waals surface area contributed by atoms with Gasteiger partial charge in [0.1, 0.15) is 11.7 Å². The van der Waals surface area contributed by atoms with Crippen LogP contribution < -0.4 is 11.1 Å². The Morgan fingerprint density at radius 1 is 1.73 bits per heavy atom. The molecule has 1 heterocycles. The van der Waals surface area contributed by atoms with Crippen molar-refractivity contribution in [3.05, 3.63) is 33.1 Å². The fraction of sp³-hybridized carbons (Fsp3) is 0.111. The fourth-order valence-corrected chi connectivity index (χ4v) is 1.41. The molecule has 0 aliphatic rings. The first-order chi connectivity index (χ1) is 7.17. The van der Waals surface area contributed by atoms with Gasteiger partial charge in [0.15, 0.2) is 0 Å². The lowest BCUT2D eigenvalue weighted by Gasteiger charge is -2.05. The Balaban J connectivity index is 2.85. The largest absolute Gasteiger partial charge is 0.404 e. The standard InChI is InChI=1S/C9H10ClIN4/c1-13-8(2-3-12)15-9-4-7(11)6(10)5-14-9/h2-5H,12H2,1H3,(H,13,14,15). The molecule has 0 saturated heterocycles. The second kappa shape index (κ2) is 5.92. The van der Waals surface area contributed by atoms with E-state index in [9.17, 15) is 0 Å². The first kappa shape index (κ1) is 12.3. The molecule has 0 aliphatic carbocycles. The lowest BCUT2D eigenvalue weighted by molar-refractivity contribution is 1.30. The molecule has 80 valence electrons. The number of rotatable bonds is 2. The van der Waals surface area contributed by atoms with E-state index in [1.54, 1.807) is 19.3 Å². The summed E-state index contributed by atoms with van der Waals surface area (Å²) >= 11 is 7.99. The third kappa shape index (κ3) is 3.67. The van der Waals surface area contributed by atoms with Gasteiger partial charge in [-0.1, -0.05) is 11.6 Å². The number of pyridine rings is 1. The van der Waals surface area contributed by atoms with Crippen molar-refractivity contribution in [2.45, 2.75) is 0 Å². The van der Waals surface area contributed by atoms with Gasteiger partial charge >= 0.3 is 0 Å². The van der Waals surface area contributed by atoms with Gasteiger partial charge in [-0.3, -0.25) is 4.99 Å². The van der Waals surface area contributed by atoms with E-state index in [0.717, 1.165) is 3.57 Å². The normalized spacial score (nSPS) is 12.1. The summed E-state index contributed by atoms with van der Waals surface area (Å²) in [5.41, 5.74) is 5.27. The Kier molecular flexibility index (Phi) is 4.83. The van der Waals surface area contributed by atoms with Gasteiger partial charge in [-0.2, -0.15) is 0 Å². The van der Waals surface area contributed by atoms with Crippen molar-refractivity contribution in [3.63, 3.8) is 0 Å². The van der Waals surface area contributed by atoms with E-state index in [-0.39, 0.29) is 0 Å². The van der Waals surface area contributed by atoms with Gasteiger partial charge in [-0.15, -0.1) is 0 Å². The highest BCUT2D eigenvalue weighted by atomic mass is 127. The molecule has 0 aliphatic heterocycles. The van der Waals surface area contributed by atoms with Crippen LogP contribution in [0.25, 0.3) is 0 Å². The molecule has 0 unspecified atom stereocenters. The molecular formula is C9H10ClIN4. The third-order valence-electron chi connectivity index (χ3n) is 1.56. The summed E-state index contributed by atoms with van der Waals surface area (Å²) in [6, 6.07) is 1.83. The van der Waals surface area contributed by atoms with Gasteiger partial charge in [-0.05, 0) is 40.9 Å². The molecule has 3 N–H and O–H groups in total. The number of nitrogens with zero attached hydrogens (tertiary/aromatic N) is 2. The summed E-state index contributed by atoms with van der Waals surface area (Å²) in [6.45, 7) is 0. The van der Waals surface area contributed by atoms with E-state index in [4.69, 9.17) is 17.3 Å². The highest BCUT2D eigenvalue weighted by molar-refractivity contribution is 14.1. The Labute approximate surface area is 107 Å². The van der Waals surface area contributed by atoms with Crippen molar-refractivity contribution in [3.8, 4) is 0 Å². The van der Waals surface area contributed by atoms with Crippen LogP contribution in [0.4, 0.5) is 5.82 Å². The maximum absolute atomic E-state index is 5.85. The number of aromatic nitrogens is 1. The SMILES string of the molecule is CN=C(C=CN)Nc1cc(I)c(Cl)cn1. The molecule has 1 aromatic heterocycles. The summed E-state index contributed by atoms with van der Waals surface area (Å²) in [4.78, 5) is 8.09. The molecule has 0 atom stereocenters. The first-order valence-corrected chi connectivity index (χ1v) is 5.56. The average Bonchev–Trinajstić information content (AvgIpc) is 2.23. The van der Waals surface area contributed by atoms with E-state index in [2.05, 4.69) is 37.9 Å². The minimum absolute atomic E-state index is 0.630. The average molecular weight is 337 g/mol. The number of nitrogens with one attached hydrogen (secondary N) is 1. The quantitative estimate of drug-likeness (QED) is 0.495. The number of aliphatic imine (C=N–C) groups is 1. The Bertz CT molecular complexity index is 403. The molecule has 0 bridgehead atoms. The van der Waals surface area contributed by atoms with Crippen LogP contribution in [-0.4, -0.2) is 17.9 Å². The number of nitrogens with two attached hydrogens (primary N) is 1. The van der Waals surface area contributed by atoms with Gasteiger partial charge in [0.25, 0.3) is 0 Å². The molecular weight excluding hydrogens is 326 g/mol. The third-order valence-corrected chi connectivity index (χ3v) is 3.07. The van der Waals surface area contributed by atoms with Crippen LogP contribution in [0.3, 0.4) is 0 Å². The zero-order valence-electron chi connectivity index (χ0n) is 8.04. The lowest BCUT2D eigenvalue weighted by Crippen LogP contribution is -2.10. The molecule has 4 nitrogen and oxygen atoms in total. The number of hydrogen-bond donors (Lipinski definition) is 2. The molecule has 0 fully saturated rings. The van der Waals surface area contributed by atoms with Crippen molar-refractivity contribution < 1.29 is 0 Å². The molecule has 1 rings (SSSR count). The monoisotopic (exact) mass is 336 g/mol. The lowest BCUT2D eigenvalue weighted by atomic mass is 10.4. The van der Waals surface area contributed by atoms with Crippen LogP contribution in [0.2, 0.25) is 5.02 Å². The first-order valence-electron chi connectivity index (χ1n) is 4.10. The fourth-order valence-electron chi connectivity index (χ4n) is 0.877. The van der Waals surface area contributed by atoms with Crippen molar-refractivity contribution in [2.75, 3.05) is 12.4 Å². The summed E-state index contributed by atoms with van der Waals surface area (Å²) in [5, 5.41) is 3.64. The van der Waals surface area contributed by atoms with Gasteiger partial charge in [0.2, 0.25) is 0 Å². The van der Waals surface area contributed by atoms with Crippen molar-refractivity contribution >= 4 is 45.8 Å². The molecule has 1 aromatic rings. The summed E-state index contributed by atoms with van der Waals surface area (Å²) < 4.78 is 0.930. The number of hydrogen-bond acceptors (Lipinski definition) is 3. The molecule has 0 aromatic carbocycles. The van der Waals surface area contributed by atoms with Crippen molar-refractivity contribution in [1.29, 1.82) is 0 Å². The smallest absolute Gasteiger partial charge is 0.132 e. The Morgan fingerprint density at radius 3 is 3.00 bits per heavy atom. The van der Waals surface area contributed by atoms with Gasteiger partial charge < -0.3 is 11.1 Å². The minimum atomic E-state index is 0.630. The Morgan fingerprint density at radius 2 is 2.47 bits per heavy atom. The molecule has 0 spiro atoms. The van der Waals surface area contributed by atoms with Gasteiger partial charge in [-0.25, -0.2) is 4.98 Å². The highest BCUT2D eigenvalue weighted by Gasteiger charge is 2.01. The van der Waals surface area contributed by atoms with E-state index >= 15 is 0 Å². The highest BCUT2D eigenvalue weighted by Crippen LogP contribution is 2.19. The van der Waals surface area contributed by atoms with E-state index in [0.29, 0.717) is 16.7 Å². The predicted molar refractivity (Wildman–Crippen MR) is 72.3 cm³/mol. The van der Waals surface area contributed by atoms with Crippen molar-refractivity contribution in [1.82, 2.24) is 4.98 Å². The second-order valence-electron chi connectivity index (χ2n) is 2.58. The van der Waals surface area contributed by atoms with Crippen LogP contribution in [0, 0.1) is 3.57 Å². The van der Waals surface area contributed by atoms with Gasteiger partial charge in [0.05, 0.1) is 5.02 Å². The van der Waals surface area contributed by atoms with Crippen molar-refractivity contribution in [2.24, 2.45) is 10.7 Å². The molecule has 0 radical (unpaired) electrons. The number of anilines is 1. The van der Waals surface area contributed by atoms with E-state index < -0.39 is 0 Å². The summed E-state index contributed by atoms with van der Waals surface area (Å²) in [5.74, 6) is 1.32. The van der Waals surface area contributed by atoms with Crippen LogP contribution in [0.15, 0.2) is 29.5 Å². The van der Waals surface area contributed by atoms with Crippen LogP contribution in [0.1, 0.15) is 0 Å². The molecule has 0 amide bonds. The summed E-state index contributed by atoms with van der Waals surface area (Å²) in [6.07, 6.45) is 4.66. The van der Waals surface area contributed by atoms with Crippen LogP contribution in [0.5, 0.6) is 0 Å². The maximum atomic E-state index is 5.85. The minimum Gasteiger partial charge on any atom is -0.404 e. The van der Waals surface area contributed by atoms with Crippen LogP contribution in [-0.2, 0) is 0 Å². The zero-order chi connectivity index (χ0) is 11.3. The van der Waals surface area contributed by atoms with Gasteiger partial charge in [0, 0.05) is 16.8 Å². The number of amidine groups is 1. The molecule has 6 heteroatoms. The Hall–Kier alpha value is -0.820. The van der Waals surface area contributed by atoms with E-state index in [1.807, 2.05) is 6.07 Å². The topological polar surface area (TPSA) is 63.3 Å². The maximum Gasteiger partial charge on any atom is 0.132 e. The predicted octanol–water partition coefficient (Wildman–Crippen LogP) is 2.25. The van der Waals surface area contributed by atoms with E-state index in [1.165, 1.54) is 6.20 Å². The van der Waals surface area contributed by atoms with Crippen LogP contribution >= 0.6 is 34.2 Å². The zero-order valence-corrected chi connectivity index (χ0v) is 11.0. The summed E-state index contributed by atoms with van der Waals surface area (Å²) in [7, 11) is 1.67. The molecule has 0 saturated carbocycles.